The minimum Gasteiger partial charge on any atom is -0.496 e. The first-order chi connectivity index (χ1) is 19.5. The molecule has 10 nitrogen and oxygen atoms in total. The maximum Gasteiger partial charge on any atom is 0.340 e. The summed E-state index contributed by atoms with van der Waals surface area (Å²) in [5.74, 6) is 3.68. The topological polar surface area (TPSA) is 118 Å². The van der Waals surface area contributed by atoms with Crippen molar-refractivity contribution in [2.75, 3.05) is 27.6 Å². The predicted octanol–water partition coefficient (Wildman–Crippen LogP) is 5.13. The number of hydrogen-bond acceptors (Lipinski definition) is 9. The molecule has 208 valence electrons. The lowest BCUT2D eigenvalue weighted by atomic mass is 9.78. The number of hydrogen-bond donors (Lipinski definition) is 1. The van der Waals surface area contributed by atoms with Crippen molar-refractivity contribution in [1.82, 2.24) is 9.66 Å². The SMILES string of the molecule is COC1=Nn2cc(-c3cc4c(OC[C@@H]5CCCC(c6ccc(C(=O)OCO)cc6)C5)cc(OC)cc4o3)nc2C1. The van der Waals surface area contributed by atoms with E-state index in [9.17, 15) is 4.79 Å². The molecule has 6 rings (SSSR count). The van der Waals surface area contributed by atoms with Gasteiger partial charge in [-0.2, -0.15) is 0 Å². The number of ether oxygens (including phenoxy) is 4. The van der Waals surface area contributed by atoms with Crippen LogP contribution in [0, 0.1) is 5.92 Å². The number of furan rings is 1. The Hall–Kier alpha value is -4.31. The molecule has 0 amide bonds. The Labute approximate surface area is 231 Å². The van der Waals surface area contributed by atoms with Crippen molar-refractivity contribution in [2.45, 2.75) is 38.0 Å². The van der Waals surface area contributed by atoms with Crippen molar-refractivity contribution in [2.24, 2.45) is 11.0 Å². The van der Waals surface area contributed by atoms with Crippen molar-refractivity contribution in [1.29, 1.82) is 0 Å². The van der Waals surface area contributed by atoms with Gasteiger partial charge in [0.05, 0.1) is 44.4 Å². The molecule has 0 bridgehead atoms. The molecule has 4 aromatic rings. The van der Waals surface area contributed by atoms with Crippen LogP contribution in [0.25, 0.3) is 22.4 Å². The van der Waals surface area contributed by atoms with E-state index < -0.39 is 12.8 Å². The lowest BCUT2D eigenvalue weighted by molar-refractivity contribution is 0.00683. The first kappa shape index (κ1) is 25.9. The number of esters is 1. The summed E-state index contributed by atoms with van der Waals surface area (Å²) >= 11 is 0. The molecule has 0 radical (unpaired) electrons. The lowest BCUT2D eigenvalue weighted by Gasteiger charge is -2.29. The molecule has 2 aromatic heterocycles. The van der Waals surface area contributed by atoms with Crippen LogP contribution in [-0.2, 0) is 15.9 Å². The number of fused-ring (bicyclic) bond motifs is 2. The molecule has 0 spiro atoms. The third kappa shape index (κ3) is 5.14. The van der Waals surface area contributed by atoms with Gasteiger partial charge in [-0.25, -0.2) is 14.5 Å². The van der Waals surface area contributed by atoms with Crippen molar-refractivity contribution < 1.29 is 33.3 Å². The molecule has 1 fully saturated rings. The molecule has 0 saturated heterocycles. The Morgan fingerprint density at radius 1 is 1.12 bits per heavy atom. The van der Waals surface area contributed by atoms with Crippen LogP contribution < -0.4 is 9.47 Å². The fourth-order valence-corrected chi connectivity index (χ4v) is 5.57. The fraction of sp³-hybridized carbons (Fsp3) is 0.367. The number of carbonyl (C=O) groups excluding carboxylic acids is 1. The maximum atomic E-state index is 11.9. The summed E-state index contributed by atoms with van der Waals surface area (Å²) in [4.78, 5) is 16.5. The maximum absolute atomic E-state index is 11.9. The Balaban J connectivity index is 1.17. The van der Waals surface area contributed by atoms with Gasteiger partial charge in [-0.3, -0.25) is 0 Å². The molecule has 10 heteroatoms. The van der Waals surface area contributed by atoms with Gasteiger partial charge in [-0.1, -0.05) is 18.6 Å². The quantitative estimate of drug-likeness (QED) is 0.239. The Morgan fingerprint density at radius 3 is 2.73 bits per heavy atom. The van der Waals surface area contributed by atoms with E-state index in [1.54, 1.807) is 31.0 Å². The second kappa shape index (κ2) is 11.1. The normalized spacial score (nSPS) is 18.3. The van der Waals surface area contributed by atoms with E-state index in [1.807, 2.05) is 36.5 Å². The summed E-state index contributed by atoms with van der Waals surface area (Å²) in [7, 11) is 3.23. The standard InChI is InChI=1S/C30H31N3O7/c1-36-22-11-25(23-13-27(40-26(23)12-22)24-15-33-28(31-24)14-29(32-33)37-2)38-16-18-4-3-5-21(10-18)19-6-8-20(9-7-19)30(35)39-17-34/h6-9,11-13,15,18,21,34H,3-5,10,14,16-17H2,1-2H3/t18-,21?/m1/s1. The van der Waals surface area contributed by atoms with Crippen molar-refractivity contribution in [3.63, 3.8) is 0 Å². The minimum atomic E-state index is -0.624. The van der Waals surface area contributed by atoms with Gasteiger partial charge >= 0.3 is 5.97 Å². The van der Waals surface area contributed by atoms with Crippen LogP contribution in [-0.4, -0.2) is 54.3 Å². The molecule has 3 heterocycles. The smallest absolute Gasteiger partial charge is 0.340 e. The predicted molar refractivity (Wildman–Crippen MR) is 147 cm³/mol. The zero-order valence-corrected chi connectivity index (χ0v) is 22.5. The third-order valence-corrected chi connectivity index (χ3v) is 7.65. The van der Waals surface area contributed by atoms with Crippen LogP contribution >= 0.6 is 0 Å². The van der Waals surface area contributed by atoms with Crippen molar-refractivity contribution in [3.8, 4) is 23.0 Å². The molecule has 1 aliphatic heterocycles. The molecule has 1 saturated carbocycles. The van der Waals surface area contributed by atoms with Crippen LogP contribution in [0.1, 0.15) is 53.3 Å². The second-order valence-corrected chi connectivity index (χ2v) is 10.1. The first-order valence-corrected chi connectivity index (χ1v) is 13.4. The Morgan fingerprint density at radius 2 is 1.98 bits per heavy atom. The monoisotopic (exact) mass is 545 g/mol. The zero-order valence-electron chi connectivity index (χ0n) is 22.5. The van der Waals surface area contributed by atoms with Gasteiger partial charge in [0.1, 0.15) is 28.6 Å². The van der Waals surface area contributed by atoms with E-state index in [0.29, 0.717) is 64.9 Å². The summed E-state index contributed by atoms with van der Waals surface area (Å²) in [6, 6.07) is 13.2. The van der Waals surface area contributed by atoms with E-state index in [-0.39, 0.29) is 0 Å². The summed E-state index contributed by atoms with van der Waals surface area (Å²) in [5.41, 5.74) is 2.99. The van der Waals surface area contributed by atoms with Crippen LogP contribution in [0.3, 0.4) is 0 Å². The first-order valence-electron chi connectivity index (χ1n) is 13.4. The Kier molecular flexibility index (Phi) is 7.17. The van der Waals surface area contributed by atoms with Crippen molar-refractivity contribution in [3.05, 3.63) is 65.6 Å². The summed E-state index contributed by atoms with van der Waals surface area (Å²) in [6.07, 6.45) is 6.66. The van der Waals surface area contributed by atoms with Gasteiger partial charge in [0.2, 0.25) is 5.90 Å². The summed E-state index contributed by atoms with van der Waals surface area (Å²) < 4.78 is 29.7. The van der Waals surface area contributed by atoms with Crippen molar-refractivity contribution >= 4 is 22.8 Å². The average Bonchev–Trinajstić information content (AvgIpc) is 3.69. The van der Waals surface area contributed by atoms with Gasteiger partial charge < -0.3 is 28.5 Å². The number of nitrogens with zero attached hydrogens (tertiary/aromatic N) is 3. The molecule has 2 atom stereocenters. The molecular formula is C30H31N3O7. The zero-order chi connectivity index (χ0) is 27.6. The Bertz CT molecular complexity index is 1550. The van der Waals surface area contributed by atoms with Gasteiger partial charge in [0.15, 0.2) is 12.6 Å². The van der Waals surface area contributed by atoms with E-state index in [2.05, 4.69) is 14.8 Å². The van der Waals surface area contributed by atoms with Crippen LogP contribution in [0.5, 0.6) is 11.5 Å². The summed E-state index contributed by atoms with van der Waals surface area (Å²) in [5, 5.41) is 14.1. The molecule has 2 aromatic carbocycles. The number of methoxy groups -OCH3 is 2. The van der Waals surface area contributed by atoms with Crippen LogP contribution in [0.2, 0.25) is 0 Å². The van der Waals surface area contributed by atoms with E-state index in [4.69, 9.17) is 23.7 Å². The highest BCUT2D eigenvalue weighted by atomic mass is 16.6. The van der Waals surface area contributed by atoms with E-state index in [0.717, 1.165) is 36.9 Å². The second-order valence-electron chi connectivity index (χ2n) is 10.1. The highest BCUT2D eigenvalue weighted by Crippen LogP contribution is 2.40. The van der Waals surface area contributed by atoms with Gasteiger partial charge in [-0.05, 0) is 54.9 Å². The van der Waals surface area contributed by atoms with Gasteiger partial charge in [0.25, 0.3) is 0 Å². The lowest BCUT2D eigenvalue weighted by Crippen LogP contribution is -2.20. The summed E-state index contributed by atoms with van der Waals surface area (Å²) in [6.45, 7) is -0.0475. The number of carbonyl (C=O) groups is 1. The number of benzene rings is 2. The highest BCUT2D eigenvalue weighted by molar-refractivity contribution is 5.90. The molecule has 1 N–H and O–H groups in total. The molecule has 40 heavy (non-hydrogen) atoms. The third-order valence-electron chi connectivity index (χ3n) is 7.65. The minimum absolute atomic E-state index is 0.384. The van der Waals surface area contributed by atoms with E-state index >= 15 is 0 Å². The highest BCUT2D eigenvalue weighted by Gasteiger charge is 2.25. The number of imidazole rings is 1. The number of aliphatic hydroxyl groups is 1. The largest absolute Gasteiger partial charge is 0.496 e. The van der Waals surface area contributed by atoms with Gasteiger partial charge in [-0.15, -0.1) is 5.10 Å². The van der Waals surface area contributed by atoms with Crippen LogP contribution in [0.4, 0.5) is 0 Å². The number of aromatic nitrogens is 2. The molecule has 1 aliphatic carbocycles. The molecule has 1 unspecified atom stereocenters. The van der Waals surface area contributed by atoms with Gasteiger partial charge in [0, 0.05) is 12.1 Å². The number of rotatable bonds is 8. The molecule has 2 aliphatic rings. The number of aliphatic hydroxyl groups excluding tert-OH is 1. The fourth-order valence-electron chi connectivity index (χ4n) is 5.57. The van der Waals surface area contributed by atoms with E-state index in [1.165, 1.54) is 5.56 Å². The average molecular weight is 546 g/mol. The van der Waals surface area contributed by atoms with Crippen LogP contribution in [0.15, 0.2) is 58.2 Å². The molecular weight excluding hydrogens is 514 g/mol.